The predicted molar refractivity (Wildman–Crippen MR) is 299 cm³/mol. The second-order valence-corrected chi connectivity index (χ2v) is 21.8. The number of thioether (sulfide) groups is 1. The van der Waals surface area contributed by atoms with Crippen LogP contribution in [0.3, 0.4) is 0 Å². The van der Waals surface area contributed by atoms with Crippen LogP contribution >= 0.6 is 11.8 Å². The Morgan fingerprint density at radius 3 is 1.15 bits per heavy atom. The standard InChI is InChI=1S/C59H111N3O9S/c1-5-8-11-14-17-20-23-26-29-32-35-38-41-44-54(63)62-53(59(69)61-51(4)58(68)60-47-55(64)65)50-72-49-52(71-57(67)46-43-40-37-34-31-28-25-22-19-16-13-10-7-3)48-70-56(66)45-42-39-36-33-30-27-24-21-18-15-12-9-6-2/h51-53H,5-50H2,1-4H3,(H,60,68)(H,61,69)(H,62,63)(H,64,65)/t51?,52-,53?/m1/s1. The lowest BCUT2D eigenvalue weighted by atomic mass is 10.0. The predicted octanol–water partition coefficient (Wildman–Crippen LogP) is 14.8. The van der Waals surface area contributed by atoms with Gasteiger partial charge in [0.2, 0.25) is 17.7 Å². The molecule has 0 bridgehead atoms. The van der Waals surface area contributed by atoms with Gasteiger partial charge in [-0.15, -0.1) is 0 Å². The Hall–Kier alpha value is -2.83. The Kier molecular flexibility index (Phi) is 50.9. The van der Waals surface area contributed by atoms with Gasteiger partial charge in [0.25, 0.3) is 0 Å². The molecule has 3 atom stereocenters. The van der Waals surface area contributed by atoms with Gasteiger partial charge in [-0.05, 0) is 26.2 Å². The molecule has 0 saturated heterocycles. The molecular weight excluding hydrogens is 927 g/mol. The summed E-state index contributed by atoms with van der Waals surface area (Å²) in [4.78, 5) is 76.3. The molecule has 0 saturated carbocycles. The highest BCUT2D eigenvalue weighted by atomic mass is 32.2. The largest absolute Gasteiger partial charge is 0.480 e. The van der Waals surface area contributed by atoms with Gasteiger partial charge in [0.1, 0.15) is 31.3 Å². The molecular formula is C59H111N3O9S. The lowest BCUT2D eigenvalue weighted by Crippen LogP contribution is -2.54. The summed E-state index contributed by atoms with van der Waals surface area (Å²) in [5.41, 5.74) is 0. The van der Waals surface area contributed by atoms with Crippen molar-refractivity contribution in [1.29, 1.82) is 0 Å². The zero-order valence-corrected chi connectivity index (χ0v) is 47.7. The van der Waals surface area contributed by atoms with E-state index in [0.717, 1.165) is 64.2 Å². The first-order valence-electron chi connectivity index (χ1n) is 30.1. The summed E-state index contributed by atoms with van der Waals surface area (Å²) < 4.78 is 11.6. The molecule has 0 aliphatic heterocycles. The Balaban J connectivity index is 5.25. The number of hydrogen-bond donors (Lipinski definition) is 4. The minimum Gasteiger partial charge on any atom is -0.480 e. The van der Waals surface area contributed by atoms with Gasteiger partial charge in [-0.1, -0.05) is 252 Å². The van der Waals surface area contributed by atoms with Gasteiger partial charge in [0, 0.05) is 30.8 Å². The normalized spacial score (nSPS) is 12.5. The van der Waals surface area contributed by atoms with E-state index >= 15 is 0 Å². The van der Waals surface area contributed by atoms with Gasteiger partial charge in [0.15, 0.2) is 0 Å². The van der Waals surface area contributed by atoms with Crippen LogP contribution in [0.1, 0.15) is 297 Å². The van der Waals surface area contributed by atoms with Crippen LogP contribution < -0.4 is 16.0 Å². The number of carboxylic acids is 1. The number of carbonyl (C=O) groups excluding carboxylic acids is 5. The molecule has 3 amide bonds. The summed E-state index contributed by atoms with van der Waals surface area (Å²) in [5, 5.41) is 16.8. The summed E-state index contributed by atoms with van der Waals surface area (Å²) in [5.74, 6) is -3.06. The minimum atomic E-state index is -1.21. The van der Waals surface area contributed by atoms with Gasteiger partial charge in [-0.3, -0.25) is 28.8 Å². The summed E-state index contributed by atoms with van der Waals surface area (Å²) in [6.07, 6.45) is 47.0. The number of hydrogen-bond acceptors (Lipinski definition) is 9. The molecule has 0 aromatic rings. The van der Waals surface area contributed by atoms with Crippen molar-refractivity contribution in [3.05, 3.63) is 0 Å². The van der Waals surface area contributed by atoms with E-state index in [2.05, 4.69) is 36.7 Å². The van der Waals surface area contributed by atoms with Crippen LogP contribution in [0, 0.1) is 0 Å². The lowest BCUT2D eigenvalue weighted by Gasteiger charge is -2.22. The number of aliphatic carboxylic acids is 1. The average Bonchev–Trinajstić information content (AvgIpc) is 3.36. The Morgan fingerprint density at radius 2 is 0.778 bits per heavy atom. The Morgan fingerprint density at radius 1 is 0.431 bits per heavy atom. The zero-order valence-electron chi connectivity index (χ0n) is 46.9. The fraction of sp³-hybridized carbons (Fsp3) is 0.898. The number of rotatable bonds is 55. The van der Waals surface area contributed by atoms with Crippen LogP contribution in [0.5, 0.6) is 0 Å². The average molecular weight is 1040 g/mol. The smallest absolute Gasteiger partial charge is 0.322 e. The van der Waals surface area contributed by atoms with Gasteiger partial charge in [-0.25, -0.2) is 0 Å². The van der Waals surface area contributed by atoms with Crippen LogP contribution in [-0.4, -0.2) is 83.6 Å². The maximum absolute atomic E-state index is 13.6. The van der Waals surface area contributed by atoms with E-state index in [0.29, 0.717) is 12.8 Å². The van der Waals surface area contributed by atoms with Crippen LogP contribution in [0.25, 0.3) is 0 Å². The first-order valence-corrected chi connectivity index (χ1v) is 31.2. The van der Waals surface area contributed by atoms with Gasteiger partial charge < -0.3 is 30.5 Å². The molecule has 0 spiro atoms. The SMILES string of the molecule is CCCCCCCCCCCCCCCC(=O)NC(CSC[C@@H](COC(=O)CCCCCCCCCCCCCCC)OC(=O)CCCCCCCCCCCCCCC)C(=O)NC(C)C(=O)NCC(=O)O. The van der Waals surface area contributed by atoms with Crippen LogP contribution in [0.4, 0.5) is 0 Å². The first-order chi connectivity index (χ1) is 35.0. The summed E-state index contributed by atoms with van der Waals surface area (Å²) >= 11 is 1.29. The topological polar surface area (TPSA) is 177 Å². The number of unbranched alkanes of at least 4 members (excludes halogenated alkanes) is 36. The molecule has 0 fully saturated rings. The van der Waals surface area contributed by atoms with E-state index in [4.69, 9.17) is 14.6 Å². The molecule has 0 heterocycles. The van der Waals surface area contributed by atoms with Crippen molar-refractivity contribution in [3.8, 4) is 0 Å². The quantitative estimate of drug-likeness (QED) is 0.0339. The Labute approximate surface area is 445 Å². The van der Waals surface area contributed by atoms with E-state index in [1.54, 1.807) is 0 Å². The van der Waals surface area contributed by atoms with E-state index in [-0.39, 0.29) is 48.8 Å². The van der Waals surface area contributed by atoms with Crippen molar-refractivity contribution in [1.82, 2.24) is 16.0 Å². The third-order valence-electron chi connectivity index (χ3n) is 13.6. The third-order valence-corrected chi connectivity index (χ3v) is 14.8. The first kappa shape index (κ1) is 69.2. The number of nitrogens with one attached hydrogen (secondary N) is 3. The van der Waals surface area contributed by atoms with Crippen molar-refractivity contribution in [2.75, 3.05) is 24.7 Å². The minimum absolute atomic E-state index is 0.0995. The second-order valence-electron chi connectivity index (χ2n) is 20.8. The van der Waals surface area contributed by atoms with Crippen molar-refractivity contribution in [3.63, 3.8) is 0 Å². The maximum atomic E-state index is 13.6. The second kappa shape index (κ2) is 53.0. The van der Waals surface area contributed by atoms with Crippen LogP contribution in [-0.2, 0) is 38.2 Å². The van der Waals surface area contributed by atoms with Crippen molar-refractivity contribution >= 4 is 47.4 Å². The Bertz CT molecular complexity index is 1320. The zero-order chi connectivity index (χ0) is 53.0. The molecule has 72 heavy (non-hydrogen) atoms. The molecule has 4 N–H and O–H groups in total. The monoisotopic (exact) mass is 1040 g/mol. The summed E-state index contributed by atoms with van der Waals surface area (Å²) in [7, 11) is 0. The molecule has 2 unspecified atom stereocenters. The maximum Gasteiger partial charge on any atom is 0.322 e. The number of carboxylic acid groups (broad SMARTS) is 1. The fourth-order valence-electron chi connectivity index (χ4n) is 8.96. The molecule has 422 valence electrons. The lowest BCUT2D eigenvalue weighted by molar-refractivity contribution is -0.157. The summed E-state index contributed by atoms with van der Waals surface area (Å²) in [6, 6.07) is -2.06. The molecule has 0 aliphatic rings. The van der Waals surface area contributed by atoms with Gasteiger partial charge in [0.05, 0.1) is 0 Å². The molecule has 0 aliphatic carbocycles. The van der Waals surface area contributed by atoms with Crippen molar-refractivity contribution < 1.29 is 43.3 Å². The highest BCUT2D eigenvalue weighted by Crippen LogP contribution is 2.18. The molecule has 0 rings (SSSR count). The number of ether oxygens (including phenoxy) is 2. The van der Waals surface area contributed by atoms with Crippen LogP contribution in [0.15, 0.2) is 0 Å². The molecule has 0 radical (unpaired) electrons. The van der Waals surface area contributed by atoms with Crippen molar-refractivity contribution in [2.45, 2.75) is 316 Å². The number of carbonyl (C=O) groups is 6. The van der Waals surface area contributed by atoms with Crippen LogP contribution in [0.2, 0.25) is 0 Å². The third kappa shape index (κ3) is 48.1. The molecule has 12 nitrogen and oxygen atoms in total. The van der Waals surface area contributed by atoms with E-state index in [1.807, 2.05) is 0 Å². The van der Waals surface area contributed by atoms with Gasteiger partial charge in [-0.2, -0.15) is 11.8 Å². The summed E-state index contributed by atoms with van der Waals surface area (Å²) in [6.45, 7) is 7.51. The van der Waals surface area contributed by atoms with E-state index in [9.17, 15) is 28.8 Å². The fourth-order valence-corrected chi connectivity index (χ4v) is 9.99. The number of esters is 2. The highest BCUT2D eigenvalue weighted by molar-refractivity contribution is 7.99. The molecule has 0 aromatic heterocycles. The molecule has 13 heteroatoms. The number of amides is 3. The highest BCUT2D eigenvalue weighted by Gasteiger charge is 2.26. The van der Waals surface area contributed by atoms with E-state index < -0.39 is 42.5 Å². The van der Waals surface area contributed by atoms with Gasteiger partial charge >= 0.3 is 17.9 Å². The molecule has 0 aromatic carbocycles. The van der Waals surface area contributed by atoms with E-state index in [1.165, 1.54) is 198 Å². The van der Waals surface area contributed by atoms with Crippen molar-refractivity contribution in [2.24, 2.45) is 0 Å².